The lowest BCUT2D eigenvalue weighted by Gasteiger charge is -2.33. The summed E-state index contributed by atoms with van der Waals surface area (Å²) in [5.74, 6) is 1.61. The van der Waals surface area contributed by atoms with Gasteiger partial charge in [-0.25, -0.2) is 4.98 Å². The summed E-state index contributed by atoms with van der Waals surface area (Å²) in [4.78, 5) is 4.49. The van der Waals surface area contributed by atoms with Crippen molar-refractivity contribution in [1.29, 1.82) is 0 Å². The molecule has 0 saturated heterocycles. The van der Waals surface area contributed by atoms with Crippen LogP contribution in [0.2, 0.25) is 0 Å². The molecule has 0 aliphatic heterocycles. The first-order valence-corrected chi connectivity index (χ1v) is 8.52. The maximum atomic E-state index is 9.85. The van der Waals surface area contributed by atoms with Crippen molar-refractivity contribution in [2.75, 3.05) is 12.4 Å². The third-order valence-corrected chi connectivity index (χ3v) is 6.15. The minimum absolute atomic E-state index is 0.0641. The predicted octanol–water partition coefficient (Wildman–Crippen LogP) is 2.44. The van der Waals surface area contributed by atoms with E-state index in [0.29, 0.717) is 12.0 Å². The number of nitrogens with zero attached hydrogens (tertiary/aromatic N) is 1. The predicted molar refractivity (Wildman–Crippen MR) is 76.3 cm³/mol. The van der Waals surface area contributed by atoms with Crippen LogP contribution in [0, 0.1) is 12.8 Å². The molecule has 1 aromatic rings. The molecule has 1 atom stereocenters. The molecule has 1 aromatic heterocycles. The van der Waals surface area contributed by atoms with Crippen LogP contribution in [0.4, 0.5) is 0 Å². The lowest BCUT2D eigenvalue weighted by atomic mass is 9.96. The number of thiazole rings is 1. The largest absolute Gasteiger partial charge is 0.394 e. The highest BCUT2D eigenvalue weighted by Gasteiger charge is 2.47. The molecule has 2 aliphatic carbocycles. The van der Waals surface area contributed by atoms with Gasteiger partial charge in [-0.1, -0.05) is 11.8 Å². The minimum Gasteiger partial charge on any atom is -0.394 e. The Hall–Kier alpha value is -0.100. The van der Waals surface area contributed by atoms with Crippen molar-refractivity contribution in [3.63, 3.8) is 0 Å². The molecule has 1 heterocycles. The van der Waals surface area contributed by atoms with Gasteiger partial charge in [0.1, 0.15) is 4.34 Å². The van der Waals surface area contributed by atoms with Crippen molar-refractivity contribution < 1.29 is 5.11 Å². The summed E-state index contributed by atoms with van der Waals surface area (Å²) in [7, 11) is 0. The molecule has 2 aliphatic rings. The number of thioether (sulfide) groups is 1. The van der Waals surface area contributed by atoms with Gasteiger partial charge in [-0.05, 0) is 38.5 Å². The van der Waals surface area contributed by atoms with Crippen molar-refractivity contribution in [1.82, 2.24) is 10.3 Å². The molecular weight excluding hydrogens is 264 g/mol. The Morgan fingerprint density at radius 1 is 1.50 bits per heavy atom. The van der Waals surface area contributed by atoms with Gasteiger partial charge in [0, 0.05) is 22.9 Å². The van der Waals surface area contributed by atoms with E-state index in [-0.39, 0.29) is 12.1 Å². The first-order chi connectivity index (χ1) is 8.72. The number of hydrogen-bond acceptors (Lipinski definition) is 5. The number of aromatic nitrogens is 1. The van der Waals surface area contributed by atoms with E-state index in [0.717, 1.165) is 15.8 Å². The normalized spacial score (nSPS) is 23.0. The van der Waals surface area contributed by atoms with Crippen molar-refractivity contribution in [3.8, 4) is 0 Å². The summed E-state index contributed by atoms with van der Waals surface area (Å²) in [6.07, 6.45) is 5.07. The van der Waals surface area contributed by atoms with E-state index < -0.39 is 0 Å². The molecule has 2 fully saturated rings. The van der Waals surface area contributed by atoms with Gasteiger partial charge in [-0.3, -0.25) is 0 Å². The molecule has 0 bridgehead atoms. The number of aliphatic hydroxyl groups is 1. The van der Waals surface area contributed by atoms with Gasteiger partial charge in [0.15, 0.2) is 0 Å². The summed E-state index contributed by atoms with van der Waals surface area (Å²) in [6.45, 7) is 2.29. The first-order valence-electron chi connectivity index (χ1n) is 6.65. The van der Waals surface area contributed by atoms with Gasteiger partial charge in [0.05, 0.1) is 12.1 Å². The second kappa shape index (κ2) is 5.12. The molecule has 0 spiro atoms. The molecule has 2 saturated carbocycles. The Kier molecular flexibility index (Phi) is 3.67. The van der Waals surface area contributed by atoms with Crippen LogP contribution in [0.5, 0.6) is 0 Å². The fourth-order valence-corrected chi connectivity index (χ4v) is 4.47. The van der Waals surface area contributed by atoms with E-state index >= 15 is 0 Å². The Balaban J connectivity index is 1.64. The highest BCUT2D eigenvalue weighted by atomic mass is 32.2. The number of nitrogens with one attached hydrogen (secondary N) is 1. The highest BCUT2D eigenvalue weighted by Crippen LogP contribution is 2.44. The Morgan fingerprint density at radius 3 is 2.78 bits per heavy atom. The van der Waals surface area contributed by atoms with Crippen molar-refractivity contribution in [2.45, 2.75) is 48.5 Å². The third kappa shape index (κ3) is 2.90. The van der Waals surface area contributed by atoms with Crippen LogP contribution < -0.4 is 5.32 Å². The van der Waals surface area contributed by atoms with Crippen LogP contribution in [-0.4, -0.2) is 34.0 Å². The summed E-state index contributed by atoms with van der Waals surface area (Å²) in [5, 5.41) is 15.6. The zero-order chi connectivity index (χ0) is 12.6. The molecule has 100 valence electrons. The molecule has 2 N–H and O–H groups in total. The summed E-state index contributed by atoms with van der Waals surface area (Å²) in [6, 6.07) is 0.649. The standard InChI is InChI=1S/C13H20N2OS2/c1-9-6-17-12(14-9)18-8-13(7-16,10-2-3-10)15-11-4-5-11/h6,10-11,15-16H,2-5,7-8H2,1H3. The number of hydrogen-bond donors (Lipinski definition) is 2. The van der Waals surface area contributed by atoms with Crippen molar-refractivity contribution >= 4 is 23.1 Å². The Labute approximate surface area is 116 Å². The molecule has 0 aromatic carbocycles. The third-order valence-electron chi connectivity index (χ3n) is 3.76. The quantitative estimate of drug-likeness (QED) is 0.755. The molecule has 18 heavy (non-hydrogen) atoms. The van der Waals surface area contributed by atoms with E-state index in [2.05, 4.69) is 15.7 Å². The maximum Gasteiger partial charge on any atom is 0.150 e. The average Bonchev–Trinajstić information content (AvgIpc) is 3.25. The molecule has 3 rings (SSSR count). The summed E-state index contributed by atoms with van der Waals surface area (Å²) >= 11 is 3.51. The number of rotatable bonds is 7. The maximum absolute atomic E-state index is 9.85. The van der Waals surface area contributed by atoms with E-state index in [9.17, 15) is 5.11 Å². The van der Waals surface area contributed by atoms with Gasteiger partial charge in [0.2, 0.25) is 0 Å². The molecule has 5 heteroatoms. The van der Waals surface area contributed by atoms with Crippen LogP contribution in [0.25, 0.3) is 0 Å². The zero-order valence-corrected chi connectivity index (χ0v) is 12.3. The van der Waals surface area contributed by atoms with E-state index in [1.165, 1.54) is 25.7 Å². The molecular formula is C13H20N2OS2. The minimum atomic E-state index is -0.0641. The van der Waals surface area contributed by atoms with Crippen LogP contribution in [0.3, 0.4) is 0 Å². The lowest BCUT2D eigenvalue weighted by Crippen LogP contribution is -2.53. The number of aliphatic hydroxyl groups excluding tert-OH is 1. The fraction of sp³-hybridized carbons (Fsp3) is 0.769. The van der Waals surface area contributed by atoms with E-state index in [1.807, 2.05) is 6.92 Å². The first kappa shape index (κ1) is 12.9. The van der Waals surface area contributed by atoms with Crippen LogP contribution in [0.1, 0.15) is 31.4 Å². The fourth-order valence-electron chi connectivity index (χ4n) is 2.36. The monoisotopic (exact) mass is 284 g/mol. The second-order valence-corrected chi connectivity index (χ2v) is 7.63. The smallest absolute Gasteiger partial charge is 0.150 e. The molecule has 1 unspecified atom stereocenters. The van der Waals surface area contributed by atoms with Crippen LogP contribution >= 0.6 is 23.1 Å². The van der Waals surface area contributed by atoms with Crippen molar-refractivity contribution in [2.24, 2.45) is 5.92 Å². The molecule has 0 radical (unpaired) electrons. The number of aryl methyl sites for hydroxylation is 1. The average molecular weight is 284 g/mol. The van der Waals surface area contributed by atoms with Crippen LogP contribution in [0.15, 0.2) is 9.72 Å². The lowest BCUT2D eigenvalue weighted by molar-refractivity contribution is 0.157. The Morgan fingerprint density at radius 2 is 2.28 bits per heavy atom. The SMILES string of the molecule is Cc1csc(SCC(CO)(NC2CC2)C2CC2)n1. The van der Waals surface area contributed by atoms with Gasteiger partial charge >= 0.3 is 0 Å². The van der Waals surface area contributed by atoms with Gasteiger partial charge in [-0.2, -0.15) is 0 Å². The second-order valence-electron chi connectivity index (χ2n) is 5.55. The van der Waals surface area contributed by atoms with E-state index in [4.69, 9.17) is 0 Å². The molecule has 0 amide bonds. The Bertz CT molecular complexity index is 415. The van der Waals surface area contributed by atoms with Gasteiger partial charge < -0.3 is 10.4 Å². The van der Waals surface area contributed by atoms with Crippen molar-refractivity contribution in [3.05, 3.63) is 11.1 Å². The molecule has 3 nitrogen and oxygen atoms in total. The highest BCUT2D eigenvalue weighted by molar-refractivity contribution is 8.01. The van der Waals surface area contributed by atoms with Crippen LogP contribution in [-0.2, 0) is 0 Å². The summed E-state index contributed by atoms with van der Waals surface area (Å²) in [5.41, 5.74) is 1.03. The topological polar surface area (TPSA) is 45.1 Å². The zero-order valence-electron chi connectivity index (χ0n) is 10.7. The van der Waals surface area contributed by atoms with Gasteiger partial charge in [-0.15, -0.1) is 11.3 Å². The summed E-state index contributed by atoms with van der Waals surface area (Å²) < 4.78 is 1.13. The van der Waals surface area contributed by atoms with Gasteiger partial charge in [0.25, 0.3) is 0 Å². The van der Waals surface area contributed by atoms with E-state index in [1.54, 1.807) is 23.1 Å².